The molecular weight excluding hydrogens is 289 g/mol. The molecule has 1 aliphatic heterocycles. The number of aliphatic carboxylic acids is 1. The molecule has 1 amide bonds. The Bertz CT molecular complexity index is 498. The smallest absolute Gasteiger partial charge is 0.308 e. The molecule has 0 radical (unpaired) electrons. The molecule has 19 heavy (non-hydrogen) atoms. The first-order valence-corrected chi connectivity index (χ1v) is 6.67. The Balaban J connectivity index is 1.95. The van der Waals surface area contributed by atoms with Crippen molar-refractivity contribution in [2.24, 2.45) is 5.92 Å². The Kier molecular flexibility index (Phi) is 4.32. The Morgan fingerprint density at radius 1 is 1.32 bits per heavy atom. The first-order valence-electron chi connectivity index (χ1n) is 5.91. The summed E-state index contributed by atoms with van der Waals surface area (Å²) in [6.07, 6.45) is 0.698. The van der Waals surface area contributed by atoms with Crippen molar-refractivity contribution in [1.29, 1.82) is 0 Å². The second-order valence-electron chi connectivity index (χ2n) is 4.61. The van der Waals surface area contributed by atoms with E-state index < -0.39 is 11.9 Å². The molecule has 1 fully saturated rings. The molecule has 6 heteroatoms. The first kappa shape index (κ1) is 14.2. The summed E-state index contributed by atoms with van der Waals surface area (Å²) in [5.41, 5.74) is 0.934. The van der Waals surface area contributed by atoms with Gasteiger partial charge in [-0.3, -0.25) is 9.59 Å². The zero-order valence-electron chi connectivity index (χ0n) is 10.1. The zero-order chi connectivity index (χ0) is 14.0. The Hall–Kier alpha value is -1.26. The molecule has 1 heterocycles. The monoisotopic (exact) mass is 301 g/mol. The number of amides is 1. The highest BCUT2D eigenvalue weighted by molar-refractivity contribution is 6.34. The van der Waals surface area contributed by atoms with Crippen LogP contribution in [0.4, 0.5) is 0 Å². The van der Waals surface area contributed by atoms with Crippen molar-refractivity contribution in [2.75, 3.05) is 13.1 Å². The third-order valence-electron chi connectivity index (χ3n) is 3.16. The standard InChI is InChI=1S/C13H13Cl2NO3/c14-10-3-8(4-11(15)6-10)1-2-16-7-9(13(18)19)5-12(16)17/h3-4,6,9H,1-2,5,7H2,(H,18,19). The predicted octanol–water partition coefficient (Wildman–Crippen LogP) is 2.47. The Morgan fingerprint density at radius 2 is 1.95 bits per heavy atom. The average molecular weight is 302 g/mol. The van der Waals surface area contributed by atoms with Crippen LogP contribution in [-0.4, -0.2) is 35.0 Å². The van der Waals surface area contributed by atoms with Crippen LogP contribution in [0.1, 0.15) is 12.0 Å². The normalized spacial score (nSPS) is 18.9. The second kappa shape index (κ2) is 5.80. The van der Waals surface area contributed by atoms with E-state index in [1.54, 1.807) is 23.1 Å². The molecule has 0 saturated carbocycles. The third-order valence-corrected chi connectivity index (χ3v) is 3.59. The summed E-state index contributed by atoms with van der Waals surface area (Å²) in [5, 5.41) is 10.0. The number of carbonyl (C=O) groups is 2. The van der Waals surface area contributed by atoms with E-state index >= 15 is 0 Å². The van der Waals surface area contributed by atoms with Crippen LogP contribution < -0.4 is 0 Å². The summed E-state index contributed by atoms with van der Waals surface area (Å²) in [6, 6.07) is 5.24. The lowest BCUT2D eigenvalue weighted by molar-refractivity contribution is -0.141. The quantitative estimate of drug-likeness (QED) is 0.929. The highest BCUT2D eigenvalue weighted by Crippen LogP contribution is 2.21. The van der Waals surface area contributed by atoms with Crippen molar-refractivity contribution in [3.05, 3.63) is 33.8 Å². The van der Waals surface area contributed by atoms with Gasteiger partial charge in [-0.2, -0.15) is 0 Å². The lowest BCUT2D eigenvalue weighted by Crippen LogP contribution is -2.28. The van der Waals surface area contributed by atoms with Gasteiger partial charge in [-0.15, -0.1) is 0 Å². The number of carboxylic acid groups (broad SMARTS) is 1. The molecule has 4 nitrogen and oxygen atoms in total. The minimum absolute atomic E-state index is 0.0889. The van der Waals surface area contributed by atoms with Gasteiger partial charge in [0.2, 0.25) is 5.91 Å². The van der Waals surface area contributed by atoms with Gasteiger partial charge in [0.05, 0.1) is 5.92 Å². The van der Waals surface area contributed by atoms with Crippen molar-refractivity contribution in [1.82, 2.24) is 4.90 Å². The zero-order valence-corrected chi connectivity index (χ0v) is 11.6. The average Bonchev–Trinajstić information content (AvgIpc) is 2.67. The van der Waals surface area contributed by atoms with E-state index in [1.807, 2.05) is 0 Å². The number of rotatable bonds is 4. The van der Waals surface area contributed by atoms with E-state index in [2.05, 4.69) is 0 Å². The molecule has 2 rings (SSSR count). The predicted molar refractivity (Wildman–Crippen MR) is 72.5 cm³/mol. The Labute approximate surface area is 120 Å². The largest absolute Gasteiger partial charge is 0.481 e. The number of benzene rings is 1. The molecule has 0 spiro atoms. The van der Waals surface area contributed by atoms with Crippen LogP contribution in [0, 0.1) is 5.92 Å². The lowest BCUT2D eigenvalue weighted by atomic mass is 10.1. The fraction of sp³-hybridized carbons (Fsp3) is 0.385. The van der Waals surface area contributed by atoms with E-state index in [9.17, 15) is 9.59 Å². The van der Waals surface area contributed by atoms with Crippen LogP contribution in [0.25, 0.3) is 0 Å². The molecule has 0 aromatic heterocycles. The maximum absolute atomic E-state index is 11.7. The number of hydrogen-bond donors (Lipinski definition) is 1. The van der Waals surface area contributed by atoms with Crippen molar-refractivity contribution in [3.63, 3.8) is 0 Å². The van der Waals surface area contributed by atoms with Crippen LogP contribution in [-0.2, 0) is 16.0 Å². The number of nitrogens with zero attached hydrogens (tertiary/aromatic N) is 1. The van der Waals surface area contributed by atoms with Gasteiger partial charge in [-0.1, -0.05) is 23.2 Å². The van der Waals surface area contributed by atoms with Crippen LogP contribution in [0.5, 0.6) is 0 Å². The van der Waals surface area contributed by atoms with Gasteiger partial charge in [0, 0.05) is 29.6 Å². The number of carbonyl (C=O) groups excluding carboxylic acids is 1. The van der Waals surface area contributed by atoms with Gasteiger partial charge in [-0.25, -0.2) is 0 Å². The second-order valence-corrected chi connectivity index (χ2v) is 5.48. The molecule has 1 aromatic carbocycles. The molecular formula is C13H13Cl2NO3. The van der Waals surface area contributed by atoms with E-state index in [1.165, 1.54) is 0 Å². The first-order chi connectivity index (χ1) is 8.95. The highest BCUT2D eigenvalue weighted by Gasteiger charge is 2.33. The molecule has 102 valence electrons. The van der Waals surface area contributed by atoms with Crippen molar-refractivity contribution in [2.45, 2.75) is 12.8 Å². The molecule has 1 saturated heterocycles. The van der Waals surface area contributed by atoms with Crippen LogP contribution in [0.2, 0.25) is 10.0 Å². The summed E-state index contributed by atoms with van der Waals surface area (Å²) >= 11 is 11.8. The minimum Gasteiger partial charge on any atom is -0.481 e. The van der Waals surface area contributed by atoms with Gasteiger partial charge in [0.1, 0.15) is 0 Å². The number of halogens is 2. The molecule has 1 atom stereocenters. The van der Waals surface area contributed by atoms with E-state index in [4.69, 9.17) is 28.3 Å². The fourth-order valence-electron chi connectivity index (χ4n) is 2.17. The van der Waals surface area contributed by atoms with Gasteiger partial charge < -0.3 is 10.0 Å². The molecule has 1 N–H and O–H groups in total. The van der Waals surface area contributed by atoms with Crippen LogP contribution in [0.15, 0.2) is 18.2 Å². The maximum atomic E-state index is 11.7. The minimum atomic E-state index is -0.915. The summed E-state index contributed by atoms with van der Waals surface area (Å²) in [5.74, 6) is -1.61. The summed E-state index contributed by atoms with van der Waals surface area (Å²) < 4.78 is 0. The fourth-order valence-corrected chi connectivity index (χ4v) is 2.74. The van der Waals surface area contributed by atoms with Crippen molar-refractivity contribution < 1.29 is 14.7 Å². The molecule has 1 unspecified atom stereocenters. The van der Waals surface area contributed by atoms with Gasteiger partial charge in [-0.05, 0) is 30.2 Å². The van der Waals surface area contributed by atoms with Gasteiger partial charge in [0.15, 0.2) is 0 Å². The SMILES string of the molecule is O=C(O)C1CC(=O)N(CCc2cc(Cl)cc(Cl)c2)C1. The summed E-state index contributed by atoms with van der Waals surface area (Å²) in [7, 11) is 0. The van der Waals surface area contributed by atoms with Crippen molar-refractivity contribution in [3.8, 4) is 0 Å². The maximum Gasteiger partial charge on any atom is 0.308 e. The summed E-state index contributed by atoms with van der Waals surface area (Å²) in [4.78, 5) is 24.1. The highest BCUT2D eigenvalue weighted by atomic mass is 35.5. The topological polar surface area (TPSA) is 57.6 Å². The van der Waals surface area contributed by atoms with Crippen molar-refractivity contribution >= 4 is 35.1 Å². The Morgan fingerprint density at radius 3 is 2.47 bits per heavy atom. The molecule has 0 bridgehead atoms. The lowest BCUT2D eigenvalue weighted by Gasteiger charge is -2.16. The van der Waals surface area contributed by atoms with Gasteiger partial charge >= 0.3 is 5.97 Å². The third kappa shape index (κ3) is 3.61. The molecule has 1 aliphatic rings. The summed E-state index contributed by atoms with van der Waals surface area (Å²) in [6.45, 7) is 0.766. The van der Waals surface area contributed by atoms with Crippen LogP contribution >= 0.6 is 23.2 Å². The van der Waals surface area contributed by atoms with E-state index in [0.717, 1.165) is 5.56 Å². The molecule has 1 aromatic rings. The number of likely N-dealkylation sites (tertiary alicyclic amines) is 1. The number of carboxylic acids is 1. The molecule has 0 aliphatic carbocycles. The van der Waals surface area contributed by atoms with Gasteiger partial charge in [0.25, 0.3) is 0 Å². The number of hydrogen-bond acceptors (Lipinski definition) is 2. The van der Waals surface area contributed by atoms with E-state index in [0.29, 0.717) is 23.0 Å². The van der Waals surface area contributed by atoms with E-state index in [-0.39, 0.29) is 18.9 Å². The van der Waals surface area contributed by atoms with Crippen LogP contribution in [0.3, 0.4) is 0 Å².